The lowest BCUT2D eigenvalue weighted by atomic mass is 9.85. The van der Waals surface area contributed by atoms with E-state index in [1.807, 2.05) is 0 Å². The molecule has 0 saturated heterocycles. The molecule has 7 nitrogen and oxygen atoms in total. The Bertz CT molecular complexity index is 380. The summed E-state index contributed by atoms with van der Waals surface area (Å²) in [5.74, 6) is -1.49. The van der Waals surface area contributed by atoms with Gasteiger partial charge in [0, 0.05) is 13.0 Å². The molecule has 0 aliphatic carbocycles. The minimum atomic E-state index is -0.978. The summed E-state index contributed by atoms with van der Waals surface area (Å²) in [5, 5.41) is 13.4. The Morgan fingerprint density at radius 2 is 1.90 bits per heavy atom. The Kier molecular flexibility index (Phi) is 9.03. The first kappa shape index (κ1) is 19.1. The number of ether oxygens (including phenoxy) is 1. The second-order valence-corrected chi connectivity index (χ2v) is 5.41. The number of carboxylic acid groups (broad SMARTS) is 1. The number of hydrogen-bond donors (Lipinski definition) is 3. The van der Waals surface area contributed by atoms with Crippen LogP contribution in [0.4, 0.5) is 4.79 Å². The van der Waals surface area contributed by atoms with E-state index in [0.717, 1.165) is 6.42 Å². The van der Waals surface area contributed by atoms with Gasteiger partial charge in [-0.05, 0) is 11.8 Å². The molecule has 7 heteroatoms. The summed E-state index contributed by atoms with van der Waals surface area (Å²) in [5.41, 5.74) is -0.704. The van der Waals surface area contributed by atoms with E-state index in [1.165, 1.54) is 0 Å². The van der Waals surface area contributed by atoms with E-state index in [4.69, 9.17) is 9.84 Å². The third kappa shape index (κ3) is 11.6. The van der Waals surface area contributed by atoms with E-state index in [1.54, 1.807) is 19.9 Å². The second-order valence-electron chi connectivity index (χ2n) is 5.41. The van der Waals surface area contributed by atoms with Crippen LogP contribution >= 0.6 is 0 Å². The summed E-state index contributed by atoms with van der Waals surface area (Å²) in [4.78, 5) is 33.7. The predicted octanol–water partition coefficient (Wildman–Crippen LogP) is 1.30. The van der Waals surface area contributed by atoms with Crippen molar-refractivity contribution in [3.05, 3.63) is 12.7 Å². The normalized spacial score (nSPS) is 10.8. The van der Waals surface area contributed by atoms with Crippen LogP contribution in [0.1, 0.15) is 33.1 Å². The molecular weight excluding hydrogens is 276 g/mol. The van der Waals surface area contributed by atoms with E-state index in [2.05, 4.69) is 17.2 Å². The van der Waals surface area contributed by atoms with Gasteiger partial charge in [0.1, 0.15) is 0 Å². The number of hydrogen-bond acceptors (Lipinski definition) is 4. The fourth-order valence-corrected chi connectivity index (χ4v) is 1.63. The molecule has 120 valence electrons. The average Bonchev–Trinajstić information content (AvgIpc) is 2.30. The number of carbonyl (C=O) groups is 3. The lowest BCUT2D eigenvalue weighted by Crippen LogP contribution is -2.42. The Morgan fingerprint density at radius 3 is 2.48 bits per heavy atom. The van der Waals surface area contributed by atoms with Gasteiger partial charge in [-0.3, -0.25) is 14.9 Å². The van der Waals surface area contributed by atoms with Gasteiger partial charge in [-0.1, -0.05) is 19.9 Å². The van der Waals surface area contributed by atoms with Crippen molar-refractivity contribution in [2.45, 2.75) is 33.1 Å². The van der Waals surface area contributed by atoms with Crippen LogP contribution in [0.15, 0.2) is 12.7 Å². The number of nitrogens with one attached hydrogen (secondary N) is 2. The summed E-state index contributed by atoms with van der Waals surface area (Å²) in [6, 6.07) is -0.613. The highest BCUT2D eigenvalue weighted by atomic mass is 16.5. The van der Waals surface area contributed by atoms with Crippen molar-refractivity contribution in [1.82, 2.24) is 10.6 Å². The third-order valence-electron chi connectivity index (χ3n) is 2.52. The maximum Gasteiger partial charge on any atom is 0.321 e. The number of carboxylic acids is 1. The van der Waals surface area contributed by atoms with Crippen molar-refractivity contribution >= 4 is 17.9 Å². The standard InChI is InChI=1S/C14H24N2O5/c1-4-5-7-21-8-6-15-13(20)16-11(17)9-14(2,3)10-12(18)19/h4H,1,5-10H2,2-3H3,(H,18,19)(H2,15,16,17,20). The molecule has 0 fully saturated rings. The summed E-state index contributed by atoms with van der Waals surface area (Å²) in [6.45, 7) is 8.04. The number of rotatable bonds is 10. The highest BCUT2D eigenvalue weighted by Crippen LogP contribution is 2.24. The maximum atomic E-state index is 11.6. The number of aliphatic carboxylic acids is 1. The van der Waals surface area contributed by atoms with Crippen LogP contribution in [0.25, 0.3) is 0 Å². The van der Waals surface area contributed by atoms with Crippen LogP contribution in [0.2, 0.25) is 0 Å². The minimum Gasteiger partial charge on any atom is -0.481 e. The van der Waals surface area contributed by atoms with Crippen LogP contribution in [0, 0.1) is 5.41 Å². The Balaban J connectivity index is 3.86. The Morgan fingerprint density at radius 1 is 1.24 bits per heavy atom. The number of amides is 3. The van der Waals surface area contributed by atoms with E-state index < -0.39 is 23.3 Å². The average molecular weight is 300 g/mol. The third-order valence-corrected chi connectivity index (χ3v) is 2.52. The molecule has 0 aromatic heterocycles. The van der Waals surface area contributed by atoms with Crippen LogP contribution < -0.4 is 10.6 Å². The first-order valence-corrected chi connectivity index (χ1v) is 6.75. The molecule has 0 bridgehead atoms. The number of carbonyl (C=O) groups excluding carboxylic acids is 2. The topological polar surface area (TPSA) is 105 Å². The van der Waals surface area contributed by atoms with Gasteiger partial charge in [0.2, 0.25) is 5.91 Å². The number of imide groups is 1. The Hall–Kier alpha value is -1.89. The molecule has 0 aliphatic rings. The molecule has 0 aliphatic heterocycles. The van der Waals surface area contributed by atoms with E-state index in [0.29, 0.717) is 13.2 Å². The lowest BCUT2D eigenvalue weighted by molar-refractivity contribution is -0.139. The van der Waals surface area contributed by atoms with Gasteiger partial charge < -0.3 is 15.2 Å². The summed E-state index contributed by atoms with van der Waals surface area (Å²) < 4.78 is 5.19. The van der Waals surface area contributed by atoms with E-state index in [9.17, 15) is 14.4 Å². The van der Waals surface area contributed by atoms with Crippen molar-refractivity contribution < 1.29 is 24.2 Å². The fraction of sp³-hybridized carbons (Fsp3) is 0.643. The molecule has 0 rings (SSSR count). The van der Waals surface area contributed by atoms with Gasteiger partial charge in [-0.2, -0.15) is 0 Å². The second kappa shape index (κ2) is 9.93. The zero-order chi connectivity index (χ0) is 16.3. The maximum absolute atomic E-state index is 11.6. The molecule has 0 aromatic rings. The molecule has 0 heterocycles. The molecule has 0 radical (unpaired) electrons. The molecule has 0 unspecified atom stereocenters. The van der Waals surface area contributed by atoms with Crippen molar-refractivity contribution in [2.75, 3.05) is 19.8 Å². The molecule has 0 spiro atoms. The molecule has 3 N–H and O–H groups in total. The van der Waals surface area contributed by atoms with Crippen LogP contribution in [-0.4, -0.2) is 42.8 Å². The molecule has 0 saturated carbocycles. The highest BCUT2D eigenvalue weighted by molar-refractivity contribution is 5.94. The minimum absolute atomic E-state index is 0.0391. The highest BCUT2D eigenvalue weighted by Gasteiger charge is 2.25. The SMILES string of the molecule is C=CCCOCCNC(=O)NC(=O)CC(C)(C)CC(=O)O. The van der Waals surface area contributed by atoms with Gasteiger partial charge in [0.05, 0.1) is 19.6 Å². The number of urea groups is 1. The molecule has 0 aromatic carbocycles. The predicted molar refractivity (Wildman–Crippen MR) is 77.8 cm³/mol. The zero-order valence-electron chi connectivity index (χ0n) is 12.6. The van der Waals surface area contributed by atoms with Crippen LogP contribution in [0.3, 0.4) is 0 Å². The van der Waals surface area contributed by atoms with Crippen molar-refractivity contribution in [3.8, 4) is 0 Å². The quantitative estimate of drug-likeness (QED) is 0.416. The van der Waals surface area contributed by atoms with Crippen molar-refractivity contribution in [3.63, 3.8) is 0 Å². The van der Waals surface area contributed by atoms with Gasteiger partial charge in [0.25, 0.3) is 0 Å². The summed E-state index contributed by atoms with van der Waals surface area (Å²) >= 11 is 0. The first-order valence-electron chi connectivity index (χ1n) is 6.75. The van der Waals surface area contributed by atoms with E-state index in [-0.39, 0.29) is 19.4 Å². The van der Waals surface area contributed by atoms with Crippen molar-refractivity contribution in [1.29, 1.82) is 0 Å². The fourth-order valence-electron chi connectivity index (χ4n) is 1.63. The van der Waals surface area contributed by atoms with Gasteiger partial charge >= 0.3 is 12.0 Å². The summed E-state index contributed by atoms with van der Waals surface area (Å²) in [7, 11) is 0. The van der Waals surface area contributed by atoms with E-state index >= 15 is 0 Å². The Labute approximate surface area is 124 Å². The van der Waals surface area contributed by atoms with Crippen LogP contribution in [-0.2, 0) is 14.3 Å². The lowest BCUT2D eigenvalue weighted by Gasteiger charge is -2.21. The van der Waals surface area contributed by atoms with Gasteiger partial charge in [-0.25, -0.2) is 4.79 Å². The molecular formula is C14H24N2O5. The van der Waals surface area contributed by atoms with Gasteiger partial charge in [0.15, 0.2) is 0 Å². The zero-order valence-corrected chi connectivity index (χ0v) is 12.6. The van der Waals surface area contributed by atoms with Crippen LogP contribution in [0.5, 0.6) is 0 Å². The molecule has 21 heavy (non-hydrogen) atoms. The smallest absolute Gasteiger partial charge is 0.321 e. The first-order chi connectivity index (χ1) is 9.76. The molecule has 3 amide bonds. The largest absolute Gasteiger partial charge is 0.481 e. The van der Waals surface area contributed by atoms with Crippen molar-refractivity contribution in [2.24, 2.45) is 5.41 Å². The molecule has 0 atom stereocenters. The monoisotopic (exact) mass is 300 g/mol. The summed E-state index contributed by atoms with van der Waals surface area (Å²) in [6.07, 6.45) is 2.29. The van der Waals surface area contributed by atoms with Gasteiger partial charge in [-0.15, -0.1) is 6.58 Å².